The summed E-state index contributed by atoms with van der Waals surface area (Å²) in [6.07, 6.45) is 6.83. The highest BCUT2D eigenvalue weighted by atomic mass is 35.5. The van der Waals surface area contributed by atoms with Crippen LogP contribution in [-0.2, 0) is 22.5 Å². The van der Waals surface area contributed by atoms with E-state index in [-0.39, 0.29) is 36.4 Å². The third-order valence-corrected chi connectivity index (χ3v) is 7.71. The molecule has 1 saturated carbocycles. The Hall–Kier alpha value is -3.82. The van der Waals surface area contributed by atoms with Gasteiger partial charge in [-0.25, -0.2) is 4.79 Å². The van der Waals surface area contributed by atoms with Gasteiger partial charge in [-0.2, -0.15) is 0 Å². The summed E-state index contributed by atoms with van der Waals surface area (Å²) in [6, 6.07) is 13.1. The molecule has 9 nitrogen and oxygen atoms in total. The van der Waals surface area contributed by atoms with E-state index >= 15 is 0 Å². The third kappa shape index (κ3) is 6.00. The van der Waals surface area contributed by atoms with Crippen molar-refractivity contribution >= 4 is 34.3 Å². The molecule has 0 bridgehead atoms. The first kappa shape index (κ1) is 27.7. The van der Waals surface area contributed by atoms with Gasteiger partial charge >= 0.3 is 5.69 Å². The Balaban J connectivity index is 1.29. The lowest BCUT2D eigenvalue weighted by Gasteiger charge is -2.29. The number of halogens is 1. The summed E-state index contributed by atoms with van der Waals surface area (Å²) in [6.45, 7) is 2.44. The van der Waals surface area contributed by atoms with Crippen LogP contribution < -0.4 is 11.0 Å². The number of aromatic nitrogens is 4. The molecule has 0 saturated heterocycles. The van der Waals surface area contributed by atoms with Gasteiger partial charge in [0.1, 0.15) is 6.61 Å². The smallest absolute Gasteiger partial charge is 0.333 e. The molecule has 1 N–H and O–H groups in total. The minimum absolute atomic E-state index is 0.0453. The van der Waals surface area contributed by atoms with Gasteiger partial charge in [0.05, 0.1) is 45.6 Å². The number of amides is 1. The zero-order valence-electron chi connectivity index (χ0n) is 22.6. The van der Waals surface area contributed by atoms with Gasteiger partial charge in [-0.3, -0.25) is 28.7 Å². The molecule has 0 aliphatic heterocycles. The van der Waals surface area contributed by atoms with Crippen molar-refractivity contribution in [2.24, 2.45) is 5.92 Å². The summed E-state index contributed by atoms with van der Waals surface area (Å²) < 4.78 is 8.42. The van der Waals surface area contributed by atoms with Crippen LogP contribution in [0.1, 0.15) is 47.4 Å². The minimum Gasteiger partial charge on any atom is -0.377 e. The molecule has 5 rings (SSSR count). The summed E-state index contributed by atoms with van der Waals surface area (Å²) in [5.74, 6) is 0.104. The largest absolute Gasteiger partial charge is 0.377 e. The van der Waals surface area contributed by atoms with Crippen LogP contribution in [0.5, 0.6) is 0 Å². The first-order chi connectivity index (χ1) is 19.3. The Morgan fingerprint density at radius 3 is 2.50 bits per heavy atom. The monoisotopic (exact) mass is 561 g/mol. The van der Waals surface area contributed by atoms with Crippen LogP contribution in [0.25, 0.3) is 16.7 Å². The number of ether oxygens (including phenoxy) is 1. The molecule has 3 heterocycles. The van der Waals surface area contributed by atoms with Gasteiger partial charge in [0.15, 0.2) is 5.78 Å². The van der Waals surface area contributed by atoms with E-state index < -0.39 is 0 Å². The number of ketones is 1. The van der Waals surface area contributed by atoms with Crippen molar-refractivity contribution in [1.29, 1.82) is 0 Å². The number of rotatable bonds is 9. The molecule has 1 aromatic carbocycles. The van der Waals surface area contributed by atoms with Crippen molar-refractivity contribution in [1.82, 2.24) is 24.4 Å². The highest BCUT2D eigenvalue weighted by Crippen LogP contribution is 2.28. The van der Waals surface area contributed by atoms with E-state index in [0.717, 1.165) is 36.7 Å². The lowest BCUT2D eigenvalue weighted by Crippen LogP contribution is -2.39. The molecular weight excluding hydrogens is 530 g/mol. The zero-order valence-corrected chi connectivity index (χ0v) is 23.4. The van der Waals surface area contributed by atoms with Crippen LogP contribution in [0, 0.1) is 12.8 Å². The SMILES string of the molecule is COCC(=O)Cc1ccc(-n2c(=O)n(CC3CCC(NC(=O)c4cc(Cl)cnc4C)CC3)c3ccccc32)cn1. The van der Waals surface area contributed by atoms with Gasteiger partial charge in [-0.05, 0) is 68.9 Å². The standard InChI is InChI=1S/C30H32ClN5O4/c1-19-26(13-21(31)15-32-19)29(38)34-22-9-7-20(8-10-22)17-35-27-5-3-4-6-28(27)36(30(35)39)24-12-11-23(33-16-24)14-25(37)18-40-2/h3-6,11-13,15-16,20,22H,7-10,14,17-18H2,1-2H3,(H,34,38). The van der Waals surface area contributed by atoms with Gasteiger partial charge in [-0.15, -0.1) is 0 Å². The summed E-state index contributed by atoms with van der Waals surface area (Å²) in [5.41, 5.74) is 3.99. The lowest BCUT2D eigenvalue weighted by molar-refractivity contribution is -0.122. The topological polar surface area (TPSA) is 108 Å². The maximum Gasteiger partial charge on any atom is 0.333 e. The average molecular weight is 562 g/mol. The number of pyridine rings is 2. The van der Waals surface area contributed by atoms with Gasteiger partial charge in [0, 0.05) is 31.6 Å². The molecule has 1 amide bonds. The van der Waals surface area contributed by atoms with Crippen LogP contribution in [0.15, 0.2) is 59.7 Å². The zero-order chi connectivity index (χ0) is 28.2. The number of benzene rings is 1. The van der Waals surface area contributed by atoms with Crippen molar-refractivity contribution < 1.29 is 14.3 Å². The normalized spacial score (nSPS) is 17.2. The van der Waals surface area contributed by atoms with Crippen LogP contribution >= 0.6 is 11.6 Å². The molecule has 1 aliphatic rings. The van der Waals surface area contributed by atoms with Crippen molar-refractivity contribution in [3.63, 3.8) is 0 Å². The van der Waals surface area contributed by atoms with Crippen LogP contribution in [0.4, 0.5) is 0 Å². The van der Waals surface area contributed by atoms with Gasteiger partial charge in [0.2, 0.25) is 0 Å². The van der Waals surface area contributed by atoms with Gasteiger partial charge < -0.3 is 10.1 Å². The predicted molar refractivity (Wildman–Crippen MR) is 153 cm³/mol. The number of imidazole rings is 1. The number of carbonyl (C=O) groups excluding carboxylic acids is 2. The number of Topliss-reactive ketones (excluding diaryl/α,β-unsaturated/α-hetero) is 1. The Morgan fingerprint density at radius 2 is 1.80 bits per heavy atom. The van der Waals surface area contributed by atoms with Gasteiger partial charge in [0.25, 0.3) is 5.91 Å². The molecule has 0 atom stereocenters. The highest BCUT2D eigenvalue weighted by Gasteiger charge is 2.26. The quantitative estimate of drug-likeness (QED) is 0.326. The second kappa shape index (κ2) is 12.1. The van der Waals surface area contributed by atoms with E-state index in [2.05, 4.69) is 15.3 Å². The van der Waals surface area contributed by atoms with E-state index in [4.69, 9.17) is 16.3 Å². The van der Waals surface area contributed by atoms with E-state index in [0.29, 0.717) is 40.1 Å². The Labute approximate surface area is 237 Å². The number of fused-ring (bicyclic) bond motifs is 1. The number of methoxy groups -OCH3 is 1. The summed E-state index contributed by atoms with van der Waals surface area (Å²) in [5, 5.41) is 3.57. The number of nitrogens with one attached hydrogen (secondary N) is 1. The van der Waals surface area contributed by atoms with Crippen LogP contribution in [0.2, 0.25) is 5.02 Å². The molecule has 1 aliphatic carbocycles. The Morgan fingerprint density at radius 1 is 1.05 bits per heavy atom. The summed E-state index contributed by atoms with van der Waals surface area (Å²) >= 11 is 6.04. The molecule has 0 unspecified atom stereocenters. The fourth-order valence-corrected chi connectivity index (χ4v) is 5.61. The van der Waals surface area contributed by atoms with Crippen LogP contribution in [-0.4, -0.2) is 50.6 Å². The number of nitrogens with zero attached hydrogens (tertiary/aromatic N) is 4. The van der Waals surface area contributed by atoms with Crippen molar-refractivity contribution in [2.45, 2.75) is 51.6 Å². The molecule has 10 heteroatoms. The van der Waals surface area contributed by atoms with Crippen molar-refractivity contribution in [3.8, 4) is 5.69 Å². The highest BCUT2D eigenvalue weighted by molar-refractivity contribution is 6.30. The molecule has 0 radical (unpaired) electrons. The second-order valence-corrected chi connectivity index (χ2v) is 10.8. The maximum atomic E-state index is 13.7. The second-order valence-electron chi connectivity index (χ2n) is 10.4. The average Bonchev–Trinajstić information content (AvgIpc) is 3.22. The van der Waals surface area contributed by atoms with E-state index in [1.165, 1.54) is 13.3 Å². The number of hydrogen-bond acceptors (Lipinski definition) is 6. The number of hydrogen-bond donors (Lipinski definition) is 1. The molecule has 3 aromatic heterocycles. The van der Waals surface area contributed by atoms with Gasteiger partial charge in [-0.1, -0.05) is 23.7 Å². The van der Waals surface area contributed by atoms with Crippen LogP contribution in [0.3, 0.4) is 0 Å². The molecular formula is C30H32ClN5O4. The third-order valence-electron chi connectivity index (χ3n) is 7.51. The number of carbonyl (C=O) groups is 2. The summed E-state index contributed by atoms with van der Waals surface area (Å²) in [4.78, 5) is 47.0. The first-order valence-corrected chi connectivity index (χ1v) is 13.8. The first-order valence-electron chi connectivity index (χ1n) is 13.4. The molecule has 208 valence electrons. The number of aryl methyl sites for hydroxylation is 1. The fraction of sp³-hybridized carbons (Fsp3) is 0.367. The molecule has 40 heavy (non-hydrogen) atoms. The van der Waals surface area contributed by atoms with Crippen molar-refractivity contribution in [2.75, 3.05) is 13.7 Å². The predicted octanol–water partition coefficient (Wildman–Crippen LogP) is 4.29. The summed E-state index contributed by atoms with van der Waals surface area (Å²) in [7, 11) is 1.49. The Kier molecular flexibility index (Phi) is 8.42. The molecule has 0 spiro atoms. The van der Waals surface area contributed by atoms with Crippen molar-refractivity contribution in [3.05, 3.63) is 87.3 Å². The minimum atomic E-state index is -0.155. The number of para-hydroxylation sites is 2. The van der Waals surface area contributed by atoms with E-state index in [1.807, 2.05) is 34.9 Å². The fourth-order valence-electron chi connectivity index (χ4n) is 5.45. The molecule has 4 aromatic rings. The lowest BCUT2D eigenvalue weighted by atomic mass is 9.85. The van der Waals surface area contributed by atoms with E-state index in [9.17, 15) is 14.4 Å². The maximum absolute atomic E-state index is 13.7. The Bertz CT molecular complexity index is 1590. The molecule has 1 fully saturated rings. The van der Waals surface area contributed by atoms with E-state index in [1.54, 1.807) is 29.8 Å².